The van der Waals surface area contributed by atoms with Crippen LogP contribution < -0.4 is 11.1 Å². The number of hydrogen-bond acceptors (Lipinski definition) is 8. The molecule has 3 aromatic rings. The summed E-state index contributed by atoms with van der Waals surface area (Å²) in [6, 6.07) is 5.36. The molecule has 0 bridgehead atoms. The summed E-state index contributed by atoms with van der Waals surface area (Å²) in [6.45, 7) is 4.83. The Morgan fingerprint density at radius 2 is 2.29 bits per heavy atom. The molecule has 0 aliphatic carbocycles. The fourth-order valence-corrected chi connectivity index (χ4v) is 4.94. The van der Waals surface area contributed by atoms with Crippen LogP contribution in [0, 0.1) is 0 Å². The third-order valence-electron chi connectivity index (χ3n) is 4.86. The van der Waals surface area contributed by atoms with E-state index >= 15 is 0 Å². The van der Waals surface area contributed by atoms with Crippen molar-refractivity contribution in [3.63, 3.8) is 0 Å². The molecule has 1 aliphatic rings. The summed E-state index contributed by atoms with van der Waals surface area (Å²) < 4.78 is 6.03. The number of ether oxygens (including phenoxy) is 1. The number of pyridine rings is 1. The Hall–Kier alpha value is -2.23. The van der Waals surface area contributed by atoms with Crippen molar-refractivity contribution in [2.75, 3.05) is 16.8 Å². The molecule has 1 aliphatic heterocycles. The molecule has 1 unspecified atom stereocenters. The first kappa shape index (κ1) is 19.1. The minimum atomic E-state index is -0.176. The molecular formula is C19H21N5O2S2. The van der Waals surface area contributed by atoms with Gasteiger partial charge in [-0.2, -0.15) is 0 Å². The SMILES string of the molecule is CCC1(C)Cc2c(sc3nc(SCC(=O)Nc4ccccn4)nc(N)c23)CO1. The Morgan fingerprint density at radius 3 is 3.04 bits per heavy atom. The van der Waals surface area contributed by atoms with Gasteiger partial charge in [0.15, 0.2) is 5.16 Å². The number of anilines is 2. The summed E-state index contributed by atoms with van der Waals surface area (Å²) in [7, 11) is 0. The maximum absolute atomic E-state index is 12.1. The quantitative estimate of drug-likeness (QED) is 0.484. The van der Waals surface area contributed by atoms with Gasteiger partial charge < -0.3 is 15.8 Å². The molecule has 0 radical (unpaired) electrons. The van der Waals surface area contributed by atoms with Gasteiger partial charge >= 0.3 is 0 Å². The molecule has 146 valence electrons. The van der Waals surface area contributed by atoms with Gasteiger partial charge in [-0.25, -0.2) is 15.0 Å². The molecule has 3 aromatic heterocycles. The summed E-state index contributed by atoms with van der Waals surface area (Å²) in [5.41, 5.74) is 7.31. The van der Waals surface area contributed by atoms with E-state index in [-0.39, 0.29) is 17.3 Å². The predicted molar refractivity (Wildman–Crippen MR) is 113 cm³/mol. The van der Waals surface area contributed by atoms with E-state index in [0.29, 0.717) is 23.4 Å². The zero-order valence-electron chi connectivity index (χ0n) is 15.7. The fraction of sp³-hybridized carbons (Fsp3) is 0.368. The minimum Gasteiger partial charge on any atom is -0.383 e. The van der Waals surface area contributed by atoms with Crippen LogP contribution in [0.4, 0.5) is 11.6 Å². The molecule has 1 atom stereocenters. The highest BCUT2D eigenvalue weighted by Crippen LogP contribution is 2.41. The van der Waals surface area contributed by atoms with Crippen molar-refractivity contribution in [1.82, 2.24) is 15.0 Å². The Morgan fingerprint density at radius 1 is 1.43 bits per heavy atom. The number of aromatic nitrogens is 3. The molecule has 0 saturated heterocycles. The van der Waals surface area contributed by atoms with Crippen LogP contribution in [0.2, 0.25) is 0 Å². The third-order valence-corrected chi connectivity index (χ3v) is 6.80. The Balaban J connectivity index is 1.51. The van der Waals surface area contributed by atoms with Crippen molar-refractivity contribution in [3.05, 3.63) is 34.8 Å². The molecule has 3 N–H and O–H groups in total. The zero-order chi connectivity index (χ0) is 19.7. The summed E-state index contributed by atoms with van der Waals surface area (Å²) in [6.07, 6.45) is 3.38. The lowest BCUT2D eigenvalue weighted by atomic mass is 9.90. The lowest BCUT2D eigenvalue weighted by molar-refractivity contribution is -0.113. The van der Waals surface area contributed by atoms with Gasteiger partial charge in [0.2, 0.25) is 5.91 Å². The standard InChI is InChI=1S/C19H21N5O2S2/c1-3-19(2)8-11-12(9-26-19)28-17-15(11)16(20)23-18(24-17)27-10-14(25)22-13-6-4-5-7-21-13/h4-7H,3,8-10H2,1-2H3,(H2,20,23,24)(H,21,22,25). The average molecular weight is 416 g/mol. The van der Waals surface area contributed by atoms with Gasteiger partial charge in [-0.1, -0.05) is 24.8 Å². The second-order valence-corrected chi connectivity index (χ2v) is 8.92. The number of carbonyl (C=O) groups excluding carboxylic acids is 1. The van der Waals surface area contributed by atoms with Crippen LogP contribution in [-0.2, 0) is 22.6 Å². The van der Waals surface area contributed by atoms with Crippen LogP contribution in [0.15, 0.2) is 29.6 Å². The number of fused-ring (bicyclic) bond motifs is 3. The molecule has 0 spiro atoms. The molecule has 9 heteroatoms. The molecule has 0 saturated carbocycles. The van der Waals surface area contributed by atoms with Gasteiger partial charge in [0.1, 0.15) is 16.5 Å². The number of nitrogens with zero attached hydrogens (tertiary/aromatic N) is 3. The molecule has 7 nitrogen and oxygen atoms in total. The Bertz CT molecular complexity index is 1020. The van der Waals surface area contributed by atoms with Crippen molar-refractivity contribution >= 4 is 50.9 Å². The van der Waals surface area contributed by atoms with E-state index in [2.05, 4.69) is 34.1 Å². The van der Waals surface area contributed by atoms with Crippen LogP contribution in [0.3, 0.4) is 0 Å². The zero-order valence-corrected chi connectivity index (χ0v) is 17.3. The van der Waals surface area contributed by atoms with E-state index in [4.69, 9.17) is 10.5 Å². The monoisotopic (exact) mass is 415 g/mol. The van der Waals surface area contributed by atoms with E-state index in [9.17, 15) is 4.79 Å². The number of rotatable bonds is 5. The van der Waals surface area contributed by atoms with Crippen molar-refractivity contribution in [3.8, 4) is 0 Å². The number of carbonyl (C=O) groups is 1. The second kappa shape index (κ2) is 7.65. The van der Waals surface area contributed by atoms with Crippen LogP contribution in [-0.4, -0.2) is 32.2 Å². The van der Waals surface area contributed by atoms with Gasteiger partial charge in [0.05, 0.1) is 23.3 Å². The first-order valence-electron chi connectivity index (χ1n) is 9.03. The number of amides is 1. The van der Waals surface area contributed by atoms with Crippen molar-refractivity contribution < 1.29 is 9.53 Å². The molecule has 0 fully saturated rings. The van der Waals surface area contributed by atoms with E-state index in [0.717, 1.165) is 27.9 Å². The highest BCUT2D eigenvalue weighted by Gasteiger charge is 2.33. The highest BCUT2D eigenvalue weighted by atomic mass is 32.2. The smallest absolute Gasteiger partial charge is 0.236 e. The molecule has 28 heavy (non-hydrogen) atoms. The van der Waals surface area contributed by atoms with Gasteiger partial charge in [0, 0.05) is 17.5 Å². The van der Waals surface area contributed by atoms with Crippen molar-refractivity contribution in [1.29, 1.82) is 0 Å². The van der Waals surface area contributed by atoms with Crippen molar-refractivity contribution in [2.45, 2.75) is 44.1 Å². The van der Waals surface area contributed by atoms with E-state index in [1.165, 1.54) is 17.3 Å². The lowest BCUT2D eigenvalue weighted by Crippen LogP contribution is -2.33. The first-order valence-corrected chi connectivity index (χ1v) is 10.8. The van der Waals surface area contributed by atoms with Crippen LogP contribution >= 0.6 is 23.1 Å². The van der Waals surface area contributed by atoms with Crippen molar-refractivity contribution in [2.24, 2.45) is 0 Å². The fourth-order valence-electron chi connectivity index (χ4n) is 3.12. The van der Waals surface area contributed by atoms with Crippen LogP contribution in [0.1, 0.15) is 30.7 Å². The molecule has 0 aromatic carbocycles. The van der Waals surface area contributed by atoms with Gasteiger partial charge in [-0.3, -0.25) is 4.79 Å². The number of hydrogen-bond donors (Lipinski definition) is 2. The van der Waals surface area contributed by atoms with Crippen LogP contribution in [0.5, 0.6) is 0 Å². The molecule has 4 heterocycles. The highest BCUT2D eigenvalue weighted by molar-refractivity contribution is 7.99. The summed E-state index contributed by atoms with van der Waals surface area (Å²) >= 11 is 2.86. The number of nitrogens with one attached hydrogen (secondary N) is 1. The van der Waals surface area contributed by atoms with E-state index < -0.39 is 0 Å². The molecule has 1 amide bonds. The normalized spacial score (nSPS) is 18.8. The van der Waals surface area contributed by atoms with E-state index in [1.807, 2.05) is 6.07 Å². The van der Waals surface area contributed by atoms with Gasteiger partial charge in [-0.05, 0) is 31.0 Å². The number of nitrogens with two attached hydrogens (primary N) is 1. The maximum Gasteiger partial charge on any atom is 0.236 e. The second-order valence-electron chi connectivity index (χ2n) is 6.90. The Labute approximate surface area is 171 Å². The Kier molecular flexibility index (Phi) is 5.22. The number of nitrogen functional groups attached to an aromatic ring is 1. The van der Waals surface area contributed by atoms with E-state index in [1.54, 1.807) is 29.7 Å². The summed E-state index contributed by atoms with van der Waals surface area (Å²) in [5, 5.41) is 4.18. The topological polar surface area (TPSA) is 103 Å². The number of thioether (sulfide) groups is 1. The lowest BCUT2D eigenvalue weighted by Gasteiger charge is -2.33. The molecule has 4 rings (SSSR count). The summed E-state index contributed by atoms with van der Waals surface area (Å²) in [4.78, 5) is 27.3. The molecular weight excluding hydrogens is 394 g/mol. The minimum absolute atomic E-state index is 0.163. The summed E-state index contributed by atoms with van der Waals surface area (Å²) in [5.74, 6) is 1.01. The predicted octanol–water partition coefficient (Wildman–Crippen LogP) is 3.64. The van der Waals surface area contributed by atoms with Gasteiger partial charge in [-0.15, -0.1) is 11.3 Å². The average Bonchev–Trinajstić information content (AvgIpc) is 3.05. The third kappa shape index (κ3) is 3.82. The maximum atomic E-state index is 12.1. The number of thiophene rings is 1. The van der Waals surface area contributed by atoms with Crippen LogP contribution in [0.25, 0.3) is 10.2 Å². The largest absolute Gasteiger partial charge is 0.383 e. The first-order chi connectivity index (χ1) is 13.5. The van der Waals surface area contributed by atoms with Gasteiger partial charge in [0.25, 0.3) is 0 Å².